The number of carbonyl (C=O) groups is 1. The van der Waals surface area contributed by atoms with Crippen molar-refractivity contribution in [3.05, 3.63) is 41.0 Å². The zero-order chi connectivity index (χ0) is 16.7. The second-order valence-corrected chi connectivity index (χ2v) is 4.89. The summed E-state index contributed by atoms with van der Waals surface area (Å²) in [5.74, 6) is 0.0501. The molecule has 0 bridgehead atoms. The van der Waals surface area contributed by atoms with Gasteiger partial charge in [0.15, 0.2) is 0 Å². The summed E-state index contributed by atoms with van der Waals surface area (Å²) >= 11 is 6.13. The summed E-state index contributed by atoms with van der Waals surface area (Å²) in [6.07, 6.45) is 1.48. The molecular formula is C15H17ClN4O3. The van der Waals surface area contributed by atoms with Crippen LogP contribution >= 0.6 is 11.6 Å². The van der Waals surface area contributed by atoms with Gasteiger partial charge < -0.3 is 10.4 Å². The van der Waals surface area contributed by atoms with Crippen LogP contribution in [0.5, 0.6) is 0 Å². The Kier molecular flexibility index (Phi) is 6.28. The molecule has 0 aliphatic heterocycles. The maximum atomic E-state index is 11.8. The van der Waals surface area contributed by atoms with Crippen molar-refractivity contribution in [2.24, 2.45) is 0 Å². The minimum atomic E-state index is -0.252. The summed E-state index contributed by atoms with van der Waals surface area (Å²) in [6.45, 7) is 2.42. The first-order chi connectivity index (χ1) is 11.2. The third-order valence-electron chi connectivity index (χ3n) is 2.87. The molecule has 0 unspecified atom stereocenters. The van der Waals surface area contributed by atoms with E-state index in [4.69, 9.17) is 21.5 Å². The summed E-state index contributed by atoms with van der Waals surface area (Å²) < 4.78 is 0. The molecule has 1 amide bonds. The number of aliphatic hydroxyl groups is 1. The molecule has 0 aliphatic rings. The minimum absolute atomic E-state index is 0.101. The van der Waals surface area contributed by atoms with Gasteiger partial charge in [0.25, 0.3) is 5.91 Å². The average molecular weight is 337 g/mol. The normalized spacial score (nSPS) is 10.4. The predicted octanol–water partition coefficient (Wildman–Crippen LogP) is 1.88. The van der Waals surface area contributed by atoms with E-state index in [0.29, 0.717) is 28.8 Å². The van der Waals surface area contributed by atoms with Crippen LogP contribution in [0.2, 0.25) is 5.02 Å². The molecule has 0 aliphatic carbocycles. The lowest BCUT2D eigenvalue weighted by Gasteiger charge is -2.08. The van der Waals surface area contributed by atoms with E-state index in [1.165, 1.54) is 6.20 Å². The van der Waals surface area contributed by atoms with Crippen LogP contribution < -0.4 is 10.8 Å². The van der Waals surface area contributed by atoms with Crippen LogP contribution in [0.4, 0.5) is 5.95 Å². The van der Waals surface area contributed by atoms with E-state index < -0.39 is 0 Å². The van der Waals surface area contributed by atoms with Gasteiger partial charge in [-0.05, 0) is 19.1 Å². The van der Waals surface area contributed by atoms with Crippen molar-refractivity contribution in [3.63, 3.8) is 0 Å². The minimum Gasteiger partial charge on any atom is -0.395 e. The first-order valence-electron chi connectivity index (χ1n) is 7.05. The van der Waals surface area contributed by atoms with Crippen molar-refractivity contribution >= 4 is 23.5 Å². The summed E-state index contributed by atoms with van der Waals surface area (Å²) in [6, 6.07) is 6.81. The van der Waals surface area contributed by atoms with Crippen LogP contribution in [-0.4, -0.2) is 40.7 Å². The van der Waals surface area contributed by atoms with Crippen LogP contribution in [0, 0.1) is 0 Å². The molecule has 2 aromatic rings. The first-order valence-corrected chi connectivity index (χ1v) is 7.43. The van der Waals surface area contributed by atoms with Gasteiger partial charge >= 0.3 is 0 Å². The van der Waals surface area contributed by atoms with Gasteiger partial charge in [-0.2, -0.15) is 0 Å². The summed E-state index contributed by atoms with van der Waals surface area (Å²) in [4.78, 5) is 25.1. The van der Waals surface area contributed by atoms with Gasteiger partial charge in [-0.1, -0.05) is 23.7 Å². The first kappa shape index (κ1) is 17.1. The lowest BCUT2D eigenvalue weighted by molar-refractivity contribution is 0.0945. The Labute approximate surface area is 138 Å². The zero-order valence-electron chi connectivity index (χ0n) is 12.5. The van der Waals surface area contributed by atoms with Crippen molar-refractivity contribution < 1.29 is 14.7 Å². The molecule has 1 heterocycles. The number of rotatable bonds is 7. The number of carbonyl (C=O) groups excluding carboxylic acids is 1. The maximum Gasteiger partial charge on any atom is 0.251 e. The zero-order valence-corrected chi connectivity index (χ0v) is 13.3. The predicted molar refractivity (Wildman–Crippen MR) is 87.1 cm³/mol. The van der Waals surface area contributed by atoms with Crippen molar-refractivity contribution in [3.8, 4) is 11.3 Å². The Morgan fingerprint density at radius 1 is 1.35 bits per heavy atom. The van der Waals surface area contributed by atoms with Gasteiger partial charge in [-0.3, -0.25) is 9.63 Å². The molecule has 0 radical (unpaired) electrons. The number of aliphatic hydroxyl groups excluding tert-OH is 1. The maximum absolute atomic E-state index is 11.8. The lowest BCUT2D eigenvalue weighted by atomic mass is 10.1. The molecule has 122 valence electrons. The number of nitrogens with zero attached hydrogens (tertiary/aromatic N) is 2. The second kappa shape index (κ2) is 8.42. The molecule has 0 saturated carbocycles. The number of amides is 1. The third-order valence-corrected chi connectivity index (χ3v) is 3.15. The van der Waals surface area contributed by atoms with Gasteiger partial charge in [-0.15, -0.1) is 0 Å². The van der Waals surface area contributed by atoms with Crippen LogP contribution in [0.25, 0.3) is 11.3 Å². The third kappa shape index (κ3) is 4.62. The quantitative estimate of drug-likeness (QED) is 0.668. The highest BCUT2D eigenvalue weighted by molar-refractivity contribution is 6.32. The van der Waals surface area contributed by atoms with Crippen molar-refractivity contribution in [1.82, 2.24) is 15.3 Å². The summed E-state index contributed by atoms with van der Waals surface area (Å²) in [5.41, 5.74) is 4.38. The molecule has 0 atom stereocenters. The fourth-order valence-corrected chi connectivity index (χ4v) is 2.01. The number of halogens is 1. The van der Waals surface area contributed by atoms with E-state index in [0.717, 1.165) is 5.56 Å². The van der Waals surface area contributed by atoms with Crippen LogP contribution in [0.1, 0.15) is 17.3 Å². The van der Waals surface area contributed by atoms with Crippen LogP contribution in [0.3, 0.4) is 0 Å². The molecule has 0 fully saturated rings. The second-order valence-electron chi connectivity index (χ2n) is 4.48. The monoisotopic (exact) mass is 336 g/mol. The molecule has 0 saturated heterocycles. The Bertz CT molecular complexity index is 664. The van der Waals surface area contributed by atoms with E-state index in [1.807, 2.05) is 6.92 Å². The number of aromatic nitrogens is 2. The van der Waals surface area contributed by atoms with Crippen molar-refractivity contribution in [1.29, 1.82) is 0 Å². The molecular weight excluding hydrogens is 320 g/mol. The highest BCUT2D eigenvalue weighted by Crippen LogP contribution is 2.26. The highest BCUT2D eigenvalue weighted by Gasteiger charge is 2.10. The van der Waals surface area contributed by atoms with Crippen molar-refractivity contribution in [2.75, 3.05) is 25.2 Å². The van der Waals surface area contributed by atoms with Gasteiger partial charge in [-0.25, -0.2) is 15.4 Å². The number of nitrogens with one attached hydrogen (secondary N) is 2. The number of anilines is 1. The molecule has 8 heteroatoms. The Balaban J connectivity index is 2.20. The fraction of sp³-hybridized carbons (Fsp3) is 0.267. The molecule has 3 N–H and O–H groups in total. The van der Waals surface area contributed by atoms with Gasteiger partial charge in [0.1, 0.15) is 0 Å². The number of benzene rings is 1. The molecule has 7 nitrogen and oxygen atoms in total. The SMILES string of the molecule is CCONc1ncc(Cl)c(-c2ccc(C(=O)NCCO)cc2)n1. The van der Waals surface area contributed by atoms with Gasteiger partial charge in [0.05, 0.1) is 30.1 Å². The Morgan fingerprint density at radius 3 is 2.74 bits per heavy atom. The summed E-state index contributed by atoms with van der Waals surface area (Å²) in [5, 5.41) is 11.7. The molecule has 2 rings (SSSR count). The van der Waals surface area contributed by atoms with Gasteiger partial charge in [0, 0.05) is 17.7 Å². The smallest absolute Gasteiger partial charge is 0.251 e. The van der Waals surface area contributed by atoms with E-state index in [1.54, 1.807) is 24.3 Å². The summed E-state index contributed by atoms with van der Waals surface area (Å²) in [7, 11) is 0. The lowest BCUT2D eigenvalue weighted by Crippen LogP contribution is -2.26. The Hall–Kier alpha value is -2.22. The van der Waals surface area contributed by atoms with E-state index in [-0.39, 0.29) is 19.1 Å². The van der Waals surface area contributed by atoms with Gasteiger partial charge in [0.2, 0.25) is 5.95 Å². The molecule has 1 aromatic carbocycles. The Morgan fingerprint density at radius 2 is 2.09 bits per heavy atom. The van der Waals surface area contributed by atoms with Crippen molar-refractivity contribution in [2.45, 2.75) is 6.92 Å². The standard InChI is InChI=1S/C15H17ClN4O3/c1-2-23-20-15-18-9-12(16)13(19-15)10-3-5-11(6-4-10)14(22)17-7-8-21/h3-6,9,21H,2,7-8H2,1H3,(H,17,22)(H,18,19,20). The molecule has 23 heavy (non-hydrogen) atoms. The molecule has 0 spiro atoms. The number of hydrogen-bond donors (Lipinski definition) is 3. The fourth-order valence-electron chi connectivity index (χ4n) is 1.81. The largest absolute Gasteiger partial charge is 0.395 e. The molecule has 1 aromatic heterocycles. The van der Waals surface area contributed by atoms with E-state index in [9.17, 15) is 4.79 Å². The topological polar surface area (TPSA) is 96.4 Å². The van der Waals surface area contributed by atoms with Crippen LogP contribution in [-0.2, 0) is 4.84 Å². The van der Waals surface area contributed by atoms with Crippen LogP contribution in [0.15, 0.2) is 30.5 Å². The van der Waals surface area contributed by atoms with E-state index >= 15 is 0 Å². The average Bonchev–Trinajstić information content (AvgIpc) is 2.59. The van der Waals surface area contributed by atoms with E-state index in [2.05, 4.69) is 20.8 Å². The highest BCUT2D eigenvalue weighted by atomic mass is 35.5. The number of hydrogen-bond acceptors (Lipinski definition) is 6.